The highest BCUT2D eigenvalue weighted by molar-refractivity contribution is 7.92. The van der Waals surface area contributed by atoms with Crippen molar-refractivity contribution >= 4 is 33.2 Å². The zero-order valence-electron chi connectivity index (χ0n) is 17.4. The molecule has 31 heavy (non-hydrogen) atoms. The van der Waals surface area contributed by atoms with Gasteiger partial charge in [0.2, 0.25) is 5.91 Å². The van der Waals surface area contributed by atoms with Gasteiger partial charge in [-0.15, -0.1) is 0 Å². The lowest BCUT2D eigenvalue weighted by atomic mass is 10.3. The number of nitrogens with one attached hydrogen (secondary N) is 1. The number of nitrogens with zero attached hydrogens (tertiary/aromatic N) is 1. The van der Waals surface area contributed by atoms with E-state index in [0.717, 1.165) is 16.4 Å². The topological polar surface area (TPSA) is 94.2 Å². The first kappa shape index (κ1) is 24.7. The number of carbonyl (C=O) groups excluding carboxylic acids is 1. The molecule has 2 rings (SSSR count). The van der Waals surface area contributed by atoms with Crippen molar-refractivity contribution in [3.63, 3.8) is 0 Å². The lowest BCUT2D eigenvalue weighted by molar-refractivity contribution is -0.119. The van der Waals surface area contributed by atoms with Crippen molar-refractivity contribution in [2.75, 3.05) is 45.3 Å². The van der Waals surface area contributed by atoms with Crippen molar-refractivity contribution in [2.45, 2.75) is 11.3 Å². The molecular weight excluding hydrogens is 451 g/mol. The molecule has 170 valence electrons. The van der Waals surface area contributed by atoms with Crippen LogP contribution in [0.2, 0.25) is 5.02 Å². The standard InChI is InChI=1S/C20H24ClFN2O6S/c1-28-10-4-9-23-20(25)13-24(14-5-7-17(22)16(21)11-14)31(26,27)15-6-8-18(29-2)19(12-15)30-3/h5-8,11-12H,4,9-10,13H2,1-3H3,(H,23,25). The predicted molar refractivity (Wildman–Crippen MR) is 115 cm³/mol. The van der Waals surface area contributed by atoms with Crippen molar-refractivity contribution in [3.05, 3.63) is 47.2 Å². The largest absolute Gasteiger partial charge is 0.493 e. The zero-order chi connectivity index (χ0) is 23.0. The van der Waals surface area contributed by atoms with E-state index in [2.05, 4.69) is 5.32 Å². The summed E-state index contributed by atoms with van der Waals surface area (Å²) >= 11 is 5.85. The summed E-state index contributed by atoms with van der Waals surface area (Å²) in [6.45, 7) is 0.216. The fourth-order valence-corrected chi connectivity index (χ4v) is 4.29. The van der Waals surface area contributed by atoms with Gasteiger partial charge in [0.25, 0.3) is 10.0 Å². The summed E-state index contributed by atoms with van der Waals surface area (Å²) in [5.74, 6) is -0.711. The van der Waals surface area contributed by atoms with Crippen LogP contribution in [0, 0.1) is 5.82 Å². The Bertz CT molecular complexity index is 1020. The molecule has 1 N–H and O–H groups in total. The fourth-order valence-electron chi connectivity index (χ4n) is 2.69. The quantitative estimate of drug-likeness (QED) is 0.503. The third kappa shape index (κ3) is 6.22. The van der Waals surface area contributed by atoms with Crippen LogP contribution in [0.15, 0.2) is 41.3 Å². The van der Waals surface area contributed by atoms with E-state index in [1.165, 1.54) is 45.6 Å². The number of rotatable bonds is 11. The van der Waals surface area contributed by atoms with Crippen molar-refractivity contribution in [2.24, 2.45) is 0 Å². The molecule has 0 aliphatic heterocycles. The van der Waals surface area contributed by atoms with Gasteiger partial charge in [0.1, 0.15) is 12.4 Å². The minimum absolute atomic E-state index is 0.0354. The van der Waals surface area contributed by atoms with Crippen LogP contribution in [0.1, 0.15) is 6.42 Å². The van der Waals surface area contributed by atoms with Crippen LogP contribution in [-0.4, -0.2) is 55.4 Å². The smallest absolute Gasteiger partial charge is 0.264 e. The number of anilines is 1. The predicted octanol–water partition coefficient (Wildman–Crippen LogP) is 2.84. The van der Waals surface area contributed by atoms with E-state index < -0.39 is 28.3 Å². The number of ether oxygens (including phenoxy) is 3. The number of sulfonamides is 1. The summed E-state index contributed by atoms with van der Waals surface area (Å²) in [6, 6.07) is 7.46. The molecule has 11 heteroatoms. The summed E-state index contributed by atoms with van der Waals surface area (Å²) in [5.41, 5.74) is 0.0354. The van der Waals surface area contributed by atoms with Crippen LogP contribution < -0.4 is 19.1 Å². The zero-order valence-corrected chi connectivity index (χ0v) is 18.9. The SMILES string of the molecule is COCCCNC(=O)CN(c1ccc(F)c(Cl)c1)S(=O)(=O)c1ccc(OC)c(OC)c1. The van der Waals surface area contributed by atoms with Crippen molar-refractivity contribution in [1.29, 1.82) is 0 Å². The summed E-state index contributed by atoms with van der Waals surface area (Å²) in [7, 11) is 0.0964. The number of methoxy groups -OCH3 is 3. The molecule has 0 spiro atoms. The van der Waals surface area contributed by atoms with E-state index in [4.69, 9.17) is 25.8 Å². The minimum atomic E-state index is -4.24. The summed E-state index contributed by atoms with van der Waals surface area (Å²) < 4.78 is 56.5. The second kappa shape index (κ2) is 11.2. The van der Waals surface area contributed by atoms with Gasteiger partial charge in [0, 0.05) is 26.3 Å². The van der Waals surface area contributed by atoms with Gasteiger partial charge in [0.15, 0.2) is 11.5 Å². The van der Waals surface area contributed by atoms with E-state index in [-0.39, 0.29) is 21.4 Å². The van der Waals surface area contributed by atoms with Gasteiger partial charge in [-0.25, -0.2) is 12.8 Å². The highest BCUT2D eigenvalue weighted by Gasteiger charge is 2.29. The first-order valence-corrected chi connectivity index (χ1v) is 11.0. The molecule has 0 bridgehead atoms. The Kier molecular flexibility index (Phi) is 8.90. The highest BCUT2D eigenvalue weighted by Crippen LogP contribution is 2.33. The number of hydrogen-bond acceptors (Lipinski definition) is 6. The van der Waals surface area contributed by atoms with Crippen molar-refractivity contribution < 1.29 is 31.8 Å². The number of hydrogen-bond donors (Lipinski definition) is 1. The molecule has 8 nitrogen and oxygen atoms in total. The van der Waals surface area contributed by atoms with Crippen molar-refractivity contribution in [1.82, 2.24) is 5.32 Å². The van der Waals surface area contributed by atoms with Gasteiger partial charge in [-0.05, 0) is 36.8 Å². The second-order valence-electron chi connectivity index (χ2n) is 6.32. The minimum Gasteiger partial charge on any atom is -0.493 e. The van der Waals surface area contributed by atoms with Gasteiger partial charge < -0.3 is 19.5 Å². The molecule has 0 aliphatic carbocycles. The monoisotopic (exact) mass is 474 g/mol. The molecule has 0 aliphatic rings. The normalized spacial score (nSPS) is 11.1. The van der Waals surface area contributed by atoms with Crippen LogP contribution in [0.5, 0.6) is 11.5 Å². The lowest BCUT2D eigenvalue weighted by Crippen LogP contribution is -2.41. The van der Waals surface area contributed by atoms with Crippen molar-refractivity contribution in [3.8, 4) is 11.5 Å². The van der Waals surface area contributed by atoms with Gasteiger partial charge in [-0.2, -0.15) is 0 Å². The highest BCUT2D eigenvalue weighted by atomic mass is 35.5. The Labute approximate surface area is 185 Å². The number of benzene rings is 2. The van der Waals surface area contributed by atoms with Crippen LogP contribution in [0.4, 0.5) is 10.1 Å². The molecule has 0 saturated carbocycles. The van der Waals surface area contributed by atoms with Gasteiger partial charge in [0.05, 0.1) is 29.8 Å². The summed E-state index contributed by atoms with van der Waals surface area (Å²) in [4.78, 5) is 12.3. The molecule has 0 fully saturated rings. The maximum Gasteiger partial charge on any atom is 0.264 e. The van der Waals surface area contributed by atoms with E-state index in [9.17, 15) is 17.6 Å². The third-order valence-electron chi connectivity index (χ3n) is 4.27. The molecule has 0 atom stereocenters. The molecule has 2 aromatic carbocycles. The number of carbonyl (C=O) groups is 1. The third-order valence-corrected chi connectivity index (χ3v) is 6.33. The van der Waals surface area contributed by atoms with E-state index in [1.54, 1.807) is 0 Å². The van der Waals surface area contributed by atoms with E-state index >= 15 is 0 Å². The Hall–Kier alpha value is -2.56. The van der Waals surface area contributed by atoms with E-state index in [1.807, 2.05) is 0 Å². The average molecular weight is 475 g/mol. The molecule has 0 unspecified atom stereocenters. The Balaban J connectivity index is 2.43. The first-order valence-electron chi connectivity index (χ1n) is 9.20. The van der Waals surface area contributed by atoms with Gasteiger partial charge in [-0.3, -0.25) is 9.10 Å². The van der Waals surface area contributed by atoms with E-state index in [0.29, 0.717) is 25.3 Å². The summed E-state index contributed by atoms with van der Waals surface area (Å²) in [5, 5.41) is 2.36. The van der Waals surface area contributed by atoms with Crippen LogP contribution in [-0.2, 0) is 19.6 Å². The summed E-state index contributed by atoms with van der Waals surface area (Å²) in [6.07, 6.45) is 0.563. The molecule has 2 aromatic rings. The van der Waals surface area contributed by atoms with Crippen LogP contribution in [0.3, 0.4) is 0 Å². The molecule has 0 saturated heterocycles. The molecule has 0 aromatic heterocycles. The molecule has 1 amide bonds. The fraction of sp³-hybridized carbons (Fsp3) is 0.350. The van der Waals surface area contributed by atoms with Gasteiger partial charge in [-0.1, -0.05) is 11.6 Å². The first-order chi connectivity index (χ1) is 14.7. The maximum atomic E-state index is 13.6. The Morgan fingerprint density at radius 3 is 2.42 bits per heavy atom. The molecular formula is C20H24ClFN2O6S. The molecule has 0 radical (unpaired) electrons. The van der Waals surface area contributed by atoms with Crippen LogP contribution >= 0.6 is 11.6 Å². The number of halogens is 2. The Morgan fingerprint density at radius 2 is 1.81 bits per heavy atom. The maximum absolute atomic E-state index is 13.6. The lowest BCUT2D eigenvalue weighted by Gasteiger charge is -2.24. The van der Waals surface area contributed by atoms with Crippen LogP contribution in [0.25, 0.3) is 0 Å². The van der Waals surface area contributed by atoms with Gasteiger partial charge >= 0.3 is 0 Å². The second-order valence-corrected chi connectivity index (χ2v) is 8.59. The average Bonchev–Trinajstić information content (AvgIpc) is 2.76. The molecule has 0 heterocycles. The number of amides is 1. The Morgan fingerprint density at radius 1 is 1.10 bits per heavy atom.